The highest BCUT2D eigenvalue weighted by atomic mass is 32.2. The van der Waals surface area contributed by atoms with E-state index < -0.39 is 16.9 Å². The summed E-state index contributed by atoms with van der Waals surface area (Å²) in [5.74, 6) is 0.841. The lowest BCUT2D eigenvalue weighted by Crippen LogP contribution is -2.35. The molecule has 3 nitrogen and oxygen atoms in total. The van der Waals surface area contributed by atoms with Crippen LogP contribution in [-0.2, 0) is 16.6 Å². The summed E-state index contributed by atoms with van der Waals surface area (Å²) in [6, 6.07) is 8.34. The van der Waals surface area contributed by atoms with E-state index in [1.807, 2.05) is 45.0 Å². The van der Waals surface area contributed by atoms with E-state index in [4.69, 9.17) is 0 Å². The van der Waals surface area contributed by atoms with Gasteiger partial charge in [0, 0.05) is 29.1 Å². The van der Waals surface area contributed by atoms with Gasteiger partial charge in [-0.3, -0.25) is 4.21 Å². The topological polar surface area (TPSA) is 49.3 Å². The van der Waals surface area contributed by atoms with E-state index in [9.17, 15) is 9.32 Å². The number of nitrogens with one attached hydrogen (secondary N) is 1. The third kappa shape index (κ3) is 6.28. The van der Waals surface area contributed by atoms with Gasteiger partial charge in [0.2, 0.25) is 0 Å². The normalized spacial score (nSPS) is 14.7. The Kier molecular flexibility index (Phi) is 6.54. The summed E-state index contributed by atoms with van der Waals surface area (Å²) in [5, 5.41) is 12.9. The maximum absolute atomic E-state index is 11.9. The molecule has 0 saturated heterocycles. The smallest absolute Gasteiger partial charge is 0.0779 e. The van der Waals surface area contributed by atoms with Gasteiger partial charge in [-0.05, 0) is 12.5 Å². The van der Waals surface area contributed by atoms with Gasteiger partial charge in [-0.1, -0.05) is 43.7 Å². The Hall–Kier alpha value is -0.710. The van der Waals surface area contributed by atoms with Crippen molar-refractivity contribution in [3.63, 3.8) is 0 Å². The Morgan fingerprint density at radius 2 is 2.11 bits per heavy atom. The Morgan fingerprint density at radius 3 is 2.72 bits per heavy atom. The molecule has 0 bridgehead atoms. The number of aryl methyl sites for hydroxylation is 1. The van der Waals surface area contributed by atoms with Gasteiger partial charge in [0.05, 0.1) is 11.9 Å². The van der Waals surface area contributed by atoms with E-state index in [-0.39, 0.29) is 0 Å². The Bertz CT molecular complexity index is 393. The molecular weight excluding hydrogens is 246 g/mol. The molecule has 0 aliphatic rings. The summed E-state index contributed by atoms with van der Waals surface area (Å²) < 4.78 is 11.9. The molecule has 4 heteroatoms. The fourth-order valence-corrected chi connectivity index (χ4v) is 2.91. The van der Waals surface area contributed by atoms with Gasteiger partial charge < -0.3 is 10.4 Å². The molecule has 2 atom stereocenters. The van der Waals surface area contributed by atoms with Gasteiger partial charge in [0.25, 0.3) is 0 Å². The average Bonchev–Trinajstić information content (AvgIpc) is 2.26. The predicted octanol–water partition coefficient (Wildman–Crippen LogP) is 1.60. The first-order valence-electron chi connectivity index (χ1n) is 6.29. The third-order valence-electron chi connectivity index (χ3n) is 2.55. The van der Waals surface area contributed by atoms with Crippen LogP contribution < -0.4 is 5.32 Å². The first kappa shape index (κ1) is 15.3. The number of aliphatic hydroxyl groups is 1. The number of benzene rings is 1. The van der Waals surface area contributed by atoms with Crippen molar-refractivity contribution in [2.75, 3.05) is 12.3 Å². The zero-order valence-corrected chi connectivity index (χ0v) is 12.2. The number of rotatable bonds is 7. The molecule has 2 N–H and O–H groups in total. The highest BCUT2D eigenvalue weighted by molar-refractivity contribution is 7.84. The lowest BCUT2D eigenvalue weighted by atomic mass is 10.2. The van der Waals surface area contributed by atoms with E-state index in [0.29, 0.717) is 24.1 Å². The molecule has 18 heavy (non-hydrogen) atoms. The zero-order chi connectivity index (χ0) is 13.5. The highest BCUT2D eigenvalue weighted by Gasteiger charge is 2.10. The van der Waals surface area contributed by atoms with Crippen LogP contribution in [-0.4, -0.2) is 33.8 Å². The van der Waals surface area contributed by atoms with Crippen molar-refractivity contribution in [2.45, 2.75) is 38.7 Å². The summed E-state index contributed by atoms with van der Waals surface area (Å²) in [5.41, 5.74) is 2.24. The van der Waals surface area contributed by atoms with Crippen LogP contribution in [0.25, 0.3) is 0 Å². The quantitative estimate of drug-likeness (QED) is 0.790. The van der Waals surface area contributed by atoms with Gasteiger partial charge in [-0.2, -0.15) is 0 Å². The molecule has 0 aliphatic heterocycles. The summed E-state index contributed by atoms with van der Waals surface area (Å²) in [7, 11) is -1.01. The molecule has 1 aromatic rings. The molecule has 0 amide bonds. The molecule has 0 aromatic heterocycles. The van der Waals surface area contributed by atoms with Crippen LogP contribution in [0, 0.1) is 6.92 Å². The predicted molar refractivity (Wildman–Crippen MR) is 77.0 cm³/mol. The number of hydrogen-bond acceptors (Lipinski definition) is 3. The van der Waals surface area contributed by atoms with Crippen LogP contribution in [0.1, 0.15) is 25.0 Å². The lowest BCUT2D eigenvalue weighted by Gasteiger charge is -2.13. The maximum atomic E-state index is 11.9. The second kappa shape index (κ2) is 7.67. The SMILES string of the molecule is Cc1cccc(CS(=O)CC(O)CNC(C)C)c1. The monoisotopic (exact) mass is 269 g/mol. The second-order valence-corrected chi connectivity index (χ2v) is 6.46. The summed E-state index contributed by atoms with van der Waals surface area (Å²) in [6.45, 7) is 6.57. The third-order valence-corrected chi connectivity index (χ3v) is 3.96. The van der Waals surface area contributed by atoms with Crippen LogP contribution in [0.2, 0.25) is 0 Å². The van der Waals surface area contributed by atoms with Gasteiger partial charge in [0.1, 0.15) is 0 Å². The zero-order valence-electron chi connectivity index (χ0n) is 11.3. The maximum Gasteiger partial charge on any atom is 0.0779 e. The van der Waals surface area contributed by atoms with Gasteiger partial charge in [-0.25, -0.2) is 0 Å². The lowest BCUT2D eigenvalue weighted by molar-refractivity contribution is 0.191. The Morgan fingerprint density at radius 1 is 1.39 bits per heavy atom. The van der Waals surface area contributed by atoms with E-state index >= 15 is 0 Å². The van der Waals surface area contributed by atoms with Gasteiger partial charge in [-0.15, -0.1) is 0 Å². The van der Waals surface area contributed by atoms with Gasteiger partial charge in [0.15, 0.2) is 0 Å². The minimum atomic E-state index is -1.01. The Balaban J connectivity index is 2.37. The average molecular weight is 269 g/mol. The molecule has 0 spiro atoms. The van der Waals surface area contributed by atoms with Crippen molar-refractivity contribution in [3.8, 4) is 0 Å². The van der Waals surface area contributed by atoms with Gasteiger partial charge >= 0.3 is 0 Å². The molecule has 102 valence electrons. The standard InChI is InChI=1S/C14H23NO2S/c1-11(2)15-8-14(16)10-18(17)9-13-6-4-5-12(3)7-13/h4-7,11,14-16H,8-10H2,1-3H3. The number of aliphatic hydroxyl groups excluding tert-OH is 1. The molecule has 1 rings (SSSR count). The van der Waals surface area contributed by atoms with Crippen LogP contribution in [0.5, 0.6) is 0 Å². The molecular formula is C14H23NO2S. The molecule has 0 fully saturated rings. The van der Waals surface area contributed by atoms with Crippen LogP contribution in [0.3, 0.4) is 0 Å². The van der Waals surface area contributed by atoms with E-state index in [0.717, 1.165) is 5.56 Å². The van der Waals surface area contributed by atoms with Crippen LogP contribution in [0.4, 0.5) is 0 Å². The molecule has 0 aliphatic carbocycles. The minimum Gasteiger partial charge on any atom is -0.391 e. The van der Waals surface area contributed by atoms with Crippen molar-refractivity contribution in [1.82, 2.24) is 5.32 Å². The molecule has 1 aromatic carbocycles. The Labute approximate surface area is 112 Å². The van der Waals surface area contributed by atoms with Crippen LogP contribution >= 0.6 is 0 Å². The van der Waals surface area contributed by atoms with Crippen molar-refractivity contribution in [3.05, 3.63) is 35.4 Å². The molecule has 0 saturated carbocycles. The van der Waals surface area contributed by atoms with Crippen molar-refractivity contribution >= 4 is 10.8 Å². The van der Waals surface area contributed by atoms with Crippen molar-refractivity contribution in [2.24, 2.45) is 0 Å². The largest absolute Gasteiger partial charge is 0.391 e. The first-order chi connectivity index (χ1) is 8.47. The van der Waals surface area contributed by atoms with E-state index in [1.165, 1.54) is 5.56 Å². The second-order valence-electron chi connectivity index (χ2n) is 4.96. The summed E-state index contributed by atoms with van der Waals surface area (Å²) >= 11 is 0. The van der Waals surface area contributed by atoms with Crippen molar-refractivity contribution < 1.29 is 9.32 Å². The van der Waals surface area contributed by atoms with E-state index in [1.54, 1.807) is 0 Å². The number of hydrogen-bond donors (Lipinski definition) is 2. The van der Waals surface area contributed by atoms with Crippen molar-refractivity contribution in [1.29, 1.82) is 0 Å². The fraction of sp³-hybridized carbons (Fsp3) is 0.571. The first-order valence-corrected chi connectivity index (χ1v) is 7.78. The summed E-state index contributed by atoms with van der Waals surface area (Å²) in [4.78, 5) is 0. The molecule has 2 unspecified atom stereocenters. The highest BCUT2D eigenvalue weighted by Crippen LogP contribution is 2.07. The van der Waals surface area contributed by atoms with E-state index in [2.05, 4.69) is 5.32 Å². The molecule has 0 heterocycles. The minimum absolute atomic E-state index is 0.327. The van der Waals surface area contributed by atoms with Crippen LogP contribution in [0.15, 0.2) is 24.3 Å². The summed E-state index contributed by atoms with van der Waals surface area (Å²) in [6.07, 6.45) is -0.543. The fourth-order valence-electron chi connectivity index (χ4n) is 1.69. The molecule has 0 radical (unpaired) electrons.